The van der Waals surface area contributed by atoms with E-state index in [1.165, 1.54) is 38.5 Å². The number of hydrogen-bond acceptors (Lipinski definition) is 8. The molecule has 2 aliphatic rings. The third kappa shape index (κ3) is 4.53. The first kappa shape index (κ1) is 23.8. The van der Waals surface area contributed by atoms with Crippen molar-refractivity contribution in [3.05, 3.63) is 39.9 Å². The first-order chi connectivity index (χ1) is 16.3. The number of rotatable bonds is 7. The number of likely N-dealkylation sites (tertiary alicyclic amines) is 1. The fourth-order valence-corrected chi connectivity index (χ4v) is 4.53. The van der Waals surface area contributed by atoms with E-state index in [1.54, 1.807) is 13.8 Å². The van der Waals surface area contributed by atoms with Gasteiger partial charge in [-0.2, -0.15) is 0 Å². The molecule has 182 valence electrons. The highest BCUT2D eigenvalue weighted by molar-refractivity contribution is 6.00. The zero-order valence-corrected chi connectivity index (χ0v) is 19.7. The fourth-order valence-electron chi connectivity index (χ4n) is 4.53. The molecule has 9 heteroatoms. The molecule has 0 aromatic heterocycles. The number of aryl methyl sites for hydroxylation is 1. The van der Waals surface area contributed by atoms with Gasteiger partial charge in [0.15, 0.2) is 17.2 Å². The molecular formula is C25H30N2O7. The number of carbonyl (C=O) groups excluding carboxylic acids is 1. The van der Waals surface area contributed by atoms with E-state index < -0.39 is 11.9 Å². The number of hydrogen-bond donors (Lipinski definition) is 3. The van der Waals surface area contributed by atoms with Gasteiger partial charge in [-0.15, -0.1) is 0 Å². The molecule has 2 aromatic rings. The minimum absolute atomic E-state index is 0.0131. The number of piperidine rings is 1. The molecule has 0 radical (unpaired) electrons. The molecule has 2 aromatic carbocycles. The number of ether oxygens (including phenoxy) is 3. The number of phenolic OH excluding ortho intramolecular Hbond substituents is 1. The van der Waals surface area contributed by atoms with E-state index in [2.05, 4.69) is 10.2 Å². The normalized spacial score (nSPS) is 15.6. The van der Waals surface area contributed by atoms with Crippen molar-refractivity contribution >= 4 is 11.9 Å². The van der Waals surface area contributed by atoms with Crippen LogP contribution in [0.1, 0.15) is 56.7 Å². The van der Waals surface area contributed by atoms with Gasteiger partial charge in [0.05, 0.1) is 12.7 Å². The predicted molar refractivity (Wildman–Crippen MR) is 125 cm³/mol. The Balaban J connectivity index is 1.69. The second kappa shape index (κ2) is 9.90. The molecule has 0 atom stereocenters. The van der Waals surface area contributed by atoms with Crippen molar-refractivity contribution in [1.82, 2.24) is 10.2 Å². The third-order valence-electron chi connectivity index (χ3n) is 6.40. The van der Waals surface area contributed by atoms with E-state index in [9.17, 15) is 19.8 Å². The second-order valence-corrected chi connectivity index (χ2v) is 8.68. The number of benzene rings is 2. The third-order valence-corrected chi connectivity index (χ3v) is 6.40. The summed E-state index contributed by atoms with van der Waals surface area (Å²) in [4.78, 5) is 27.5. The van der Waals surface area contributed by atoms with Crippen molar-refractivity contribution in [3.63, 3.8) is 0 Å². The first-order valence-electron chi connectivity index (χ1n) is 11.4. The Morgan fingerprint density at radius 3 is 2.53 bits per heavy atom. The molecule has 4 rings (SSSR count). The molecule has 2 aliphatic heterocycles. The molecule has 0 spiro atoms. The number of aromatic carboxylic acids is 1. The molecule has 0 bridgehead atoms. The van der Waals surface area contributed by atoms with Crippen LogP contribution >= 0.6 is 0 Å². The number of nitrogens with one attached hydrogen (secondary N) is 1. The molecule has 1 saturated heterocycles. The molecule has 0 aliphatic carbocycles. The topological polar surface area (TPSA) is 118 Å². The van der Waals surface area contributed by atoms with E-state index >= 15 is 0 Å². The summed E-state index contributed by atoms with van der Waals surface area (Å²) in [6.45, 7) is 7.30. The molecular weight excluding hydrogens is 440 g/mol. The van der Waals surface area contributed by atoms with Gasteiger partial charge in [0.2, 0.25) is 0 Å². The van der Waals surface area contributed by atoms with Crippen molar-refractivity contribution in [1.29, 1.82) is 0 Å². The van der Waals surface area contributed by atoms with Gasteiger partial charge in [0, 0.05) is 25.2 Å². The van der Waals surface area contributed by atoms with Gasteiger partial charge >= 0.3 is 11.9 Å². The Labute approximate surface area is 198 Å². The minimum atomic E-state index is -1.26. The van der Waals surface area contributed by atoms with Gasteiger partial charge < -0.3 is 34.6 Å². The summed E-state index contributed by atoms with van der Waals surface area (Å²) >= 11 is 0. The highest BCUT2D eigenvalue weighted by Crippen LogP contribution is 2.48. The Hall–Kier alpha value is -3.30. The summed E-state index contributed by atoms with van der Waals surface area (Å²) in [7, 11) is 1.41. The minimum Gasteiger partial charge on any atom is -0.507 e. The van der Waals surface area contributed by atoms with E-state index in [-0.39, 0.29) is 46.4 Å². The zero-order valence-electron chi connectivity index (χ0n) is 19.7. The summed E-state index contributed by atoms with van der Waals surface area (Å²) in [6, 6.07) is 2.83. The van der Waals surface area contributed by atoms with E-state index in [0.29, 0.717) is 23.2 Å². The van der Waals surface area contributed by atoms with Crippen molar-refractivity contribution in [2.75, 3.05) is 33.3 Å². The van der Waals surface area contributed by atoms with Crippen LogP contribution in [0, 0.1) is 13.8 Å². The molecule has 0 saturated carbocycles. The monoisotopic (exact) mass is 470 g/mol. The van der Waals surface area contributed by atoms with Gasteiger partial charge in [0.1, 0.15) is 22.6 Å². The lowest BCUT2D eigenvalue weighted by atomic mass is 10.0. The van der Waals surface area contributed by atoms with Gasteiger partial charge in [0.25, 0.3) is 0 Å². The van der Waals surface area contributed by atoms with Crippen LogP contribution in [0.5, 0.6) is 28.7 Å². The van der Waals surface area contributed by atoms with Gasteiger partial charge in [-0.1, -0.05) is 6.42 Å². The molecule has 3 N–H and O–H groups in total. The number of fused-ring (bicyclic) bond motifs is 2. The number of nitrogens with zero attached hydrogens (tertiary/aromatic N) is 1. The largest absolute Gasteiger partial charge is 0.507 e. The first-order valence-corrected chi connectivity index (χ1v) is 11.4. The van der Waals surface area contributed by atoms with Crippen molar-refractivity contribution in [2.45, 2.75) is 39.7 Å². The summed E-state index contributed by atoms with van der Waals surface area (Å²) in [5, 5.41) is 23.8. The molecule has 9 nitrogen and oxygen atoms in total. The second-order valence-electron chi connectivity index (χ2n) is 8.68. The van der Waals surface area contributed by atoms with Crippen LogP contribution in [-0.2, 0) is 6.54 Å². The number of esters is 1. The van der Waals surface area contributed by atoms with Gasteiger partial charge in [-0.3, -0.25) is 0 Å². The Morgan fingerprint density at radius 1 is 1.12 bits per heavy atom. The number of phenols is 1. The van der Waals surface area contributed by atoms with Crippen LogP contribution in [0.25, 0.3) is 0 Å². The maximum absolute atomic E-state index is 13.1. The maximum atomic E-state index is 13.1. The number of carboxylic acids is 1. The van der Waals surface area contributed by atoms with Crippen LogP contribution < -0.4 is 19.5 Å². The van der Waals surface area contributed by atoms with E-state index in [4.69, 9.17) is 14.2 Å². The van der Waals surface area contributed by atoms with E-state index in [0.717, 1.165) is 19.6 Å². The SMILES string of the molecule is COc1cc(C(=O)O)c2c(c1C)OC(=O)c1c(C)cc(O)c(CNCCN3CCCCC3)c1O2. The van der Waals surface area contributed by atoms with Crippen molar-refractivity contribution in [2.24, 2.45) is 0 Å². The van der Waals surface area contributed by atoms with Crippen LogP contribution in [0.3, 0.4) is 0 Å². The average Bonchev–Trinajstić information content (AvgIpc) is 2.96. The Bertz CT molecular complexity index is 1120. The highest BCUT2D eigenvalue weighted by atomic mass is 16.6. The number of carbonyl (C=O) groups is 2. The summed E-state index contributed by atoms with van der Waals surface area (Å²) in [5.74, 6) is -1.74. The Kier molecular flexibility index (Phi) is 6.95. The number of aromatic hydroxyl groups is 1. The van der Waals surface area contributed by atoms with Crippen molar-refractivity contribution in [3.8, 4) is 28.7 Å². The standard InChI is InChI=1S/C25H30N2O7/c1-14-11-18(28)17(13-26-7-10-27-8-5-4-6-9-27)22-20(14)25(31)34-21-15(2)19(32-3)12-16(24(29)30)23(21)33-22/h11-12,26,28H,4-10,13H2,1-3H3,(H,29,30). The summed E-state index contributed by atoms with van der Waals surface area (Å²) in [6.07, 6.45) is 3.68. The summed E-state index contributed by atoms with van der Waals surface area (Å²) < 4.78 is 17.0. The van der Waals surface area contributed by atoms with Gasteiger partial charge in [-0.05, 0) is 57.5 Å². The van der Waals surface area contributed by atoms with Crippen LogP contribution in [-0.4, -0.2) is 60.3 Å². The molecule has 1 fully saturated rings. The van der Waals surface area contributed by atoms with Crippen LogP contribution in [0.15, 0.2) is 12.1 Å². The van der Waals surface area contributed by atoms with E-state index in [1.807, 2.05) is 0 Å². The molecule has 34 heavy (non-hydrogen) atoms. The Morgan fingerprint density at radius 2 is 1.85 bits per heavy atom. The zero-order chi connectivity index (χ0) is 24.4. The smallest absolute Gasteiger partial charge is 0.347 e. The molecule has 0 unspecified atom stereocenters. The van der Waals surface area contributed by atoms with Crippen molar-refractivity contribution < 1.29 is 34.0 Å². The highest BCUT2D eigenvalue weighted by Gasteiger charge is 2.34. The average molecular weight is 471 g/mol. The lowest BCUT2D eigenvalue weighted by Crippen LogP contribution is -2.35. The molecule has 0 amide bonds. The fraction of sp³-hybridized carbons (Fsp3) is 0.440. The lowest BCUT2D eigenvalue weighted by Gasteiger charge is -2.26. The predicted octanol–water partition coefficient (Wildman–Crippen LogP) is 3.62. The van der Waals surface area contributed by atoms with Crippen LogP contribution in [0.2, 0.25) is 0 Å². The maximum Gasteiger partial charge on any atom is 0.347 e. The molecule has 2 heterocycles. The lowest BCUT2D eigenvalue weighted by molar-refractivity contribution is 0.0685. The van der Waals surface area contributed by atoms with Crippen LogP contribution in [0.4, 0.5) is 0 Å². The quantitative estimate of drug-likeness (QED) is 0.317. The number of carboxylic acid groups (broad SMARTS) is 1. The summed E-state index contributed by atoms with van der Waals surface area (Å²) in [5.41, 5.74) is 1.21. The number of methoxy groups -OCH3 is 1. The van der Waals surface area contributed by atoms with Gasteiger partial charge in [-0.25, -0.2) is 9.59 Å².